The van der Waals surface area contributed by atoms with Crippen LogP contribution in [0.25, 0.3) is 11.3 Å². The summed E-state index contributed by atoms with van der Waals surface area (Å²) in [6.07, 6.45) is 4.82. The van der Waals surface area contributed by atoms with Gasteiger partial charge in [-0.3, -0.25) is 24.1 Å². The second kappa shape index (κ2) is 8.46. The van der Waals surface area contributed by atoms with E-state index in [4.69, 9.17) is 0 Å². The lowest BCUT2D eigenvalue weighted by atomic mass is 9.94. The first-order valence-corrected chi connectivity index (χ1v) is 11.0. The van der Waals surface area contributed by atoms with Gasteiger partial charge < -0.3 is 5.32 Å². The van der Waals surface area contributed by atoms with E-state index in [-0.39, 0.29) is 34.9 Å². The Morgan fingerprint density at radius 3 is 2.45 bits per heavy atom. The van der Waals surface area contributed by atoms with Crippen molar-refractivity contribution in [1.82, 2.24) is 15.1 Å². The quantitative estimate of drug-likeness (QED) is 0.600. The molecule has 33 heavy (non-hydrogen) atoms. The summed E-state index contributed by atoms with van der Waals surface area (Å²) in [4.78, 5) is 51.4. The number of hydrogen-bond donors (Lipinski definition) is 2. The zero-order valence-corrected chi connectivity index (χ0v) is 17.8. The Balaban J connectivity index is 1.36. The first-order valence-electron chi connectivity index (χ1n) is 11.0. The van der Waals surface area contributed by atoms with Crippen LogP contribution in [0.15, 0.2) is 59.4 Å². The predicted molar refractivity (Wildman–Crippen MR) is 122 cm³/mol. The standard InChI is InChI=1S/C25H22N4O4/c30-22-12-11-21(27-28-22)15-5-4-6-17(13-15)26-23(31)16-9-10-19-20(14-16)25(33)29(24(19)32)18-7-2-1-3-8-18/h4-6,9-14,18H,1-3,7-8H2,(H,26,31)(H,28,30). The van der Waals surface area contributed by atoms with Gasteiger partial charge in [0.2, 0.25) is 0 Å². The van der Waals surface area contributed by atoms with Crippen molar-refractivity contribution in [3.63, 3.8) is 0 Å². The lowest BCUT2D eigenvalue weighted by molar-refractivity contribution is 0.0549. The number of rotatable bonds is 4. The zero-order valence-electron chi connectivity index (χ0n) is 17.8. The first-order chi connectivity index (χ1) is 16.0. The number of amides is 3. The topological polar surface area (TPSA) is 112 Å². The molecule has 2 heterocycles. The normalized spacial score (nSPS) is 16.1. The van der Waals surface area contributed by atoms with Crippen LogP contribution in [-0.4, -0.2) is 38.9 Å². The Kier molecular flexibility index (Phi) is 5.34. The average Bonchev–Trinajstić information content (AvgIpc) is 3.09. The van der Waals surface area contributed by atoms with Gasteiger partial charge in [-0.2, -0.15) is 5.10 Å². The fraction of sp³-hybridized carbons (Fsp3) is 0.240. The van der Waals surface area contributed by atoms with Gasteiger partial charge in [-0.1, -0.05) is 31.4 Å². The molecular formula is C25H22N4O4. The average molecular weight is 442 g/mol. The van der Waals surface area contributed by atoms with Crippen molar-refractivity contribution in [2.24, 2.45) is 0 Å². The van der Waals surface area contributed by atoms with Crippen LogP contribution in [0, 0.1) is 0 Å². The van der Waals surface area contributed by atoms with Crippen molar-refractivity contribution in [1.29, 1.82) is 0 Å². The number of fused-ring (bicyclic) bond motifs is 1. The van der Waals surface area contributed by atoms with Crippen LogP contribution in [0.1, 0.15) is 63.2 Å². The van der Waals surface area contributed by atoms with E-state index in [1.54, 1.807) is 36.4 Å². The van der Waals surface area contributed by atoms with Crippen molar-refractivity contribution in [3.8, 4) is 11.3 Å². The summed E-state index contributed by atoms with van der Waals surface area (Å²) in [5.74, 6) is -0.974. The van der Waals surface area contributed by atoms with Gasteiger partial charge in [0.25, 0.3) is 23.3 Å². The molecule has 3 amide bonds. The highest BCUT2D eigenvalue weighted by molar-refractivity contribution is 6.22. The molecule has 0 radical (unpaired) electrons. The Morgan fingerprint density at radius 1 is 0.909 bits per heavy atom. The van der Waals surface area contributed by atoms with Crippen LogP contribution >= 0.6 is 0 Å². The van der Waals surface area contributed by atoms with E-state index in [2.05, 4.69) is 15.5 Å². The Bertz CT molecular complexity index is 1300. The van der Waals surface area contributed by atoms with E-state index < -0.39 is 0 Å². The van der Waals surface area contributed by atoms with Gasteiger partial charge in [0.05, 0.1) is 16.8 Å². The molecule has 1 aromatic heterocycles. The molecule has 1 fully saturated rings. The van der Waals surface area contributed by atoms with Gasteiger partial charge in [0.15, 0.2) is 0 Å². The summed E-state index contributed by atoms with van der Waals surface area (Å²) >= 11 is 0. The third-order valence-electron chi connectivity index (χ3n) is 6.22. The van der Waals surface area contributed by atoms with Crippen molar-refractivity contribution in [3.05, 3.63) is 81.6 Å². The lowest BCUT2D eigenvalue weighted by Crippen LogP contribution is -2.40. The largest absolute Gasteiger partial charge is 0.322 e. The van der Waals surface area contributed by atoms with Crippen LogP contribution in [-0.2, 0) is 0 Å². The minimum absolute atomic E-state index is 0.0623. The van der Waals surface area contributed by atoms with Crippen molar-refractivity contribution < 1.29 is 14.4 Å². The number of imide groups is 1. The van der Waals surface area contributed by atoms with Gasteiger partial charge in [-0.15, -0.1) is 0 Å². The molecule has 0 spiro atoms. The number of nitrogens with one attached hydrogen (secondary N) is 2. The van der Waals surface area contributed by atoms with Crippen LogP contribution in [0.5, 0.6) is 0 Å². The SMILES string of the molecule is O=C(Nc1cccc(-c2ccc(=O)[nH]n2)c1)c1ccc2c(c1)C(=O)N(C1CCCCC1)C2=O. The summed E-state index contributed by atoms with van der Waals surface area (Å²) in [5, 5.41) is 9.21. The van der Waals surface area contributed by atoms with E-state index in [0.29, 0.717) is 22.5 Å². The molecule has 2 aliphatic rings. The number of carbonyl (C=O) groups is 3. The zero-order chi connectivity index (χ0) is 22.9. The predicted octanol–water partition coefficient (Wildman–Crippen LogP) is 3.62. The molecule has 1 aliphatic carbocycles. The van der Waals surface area contributed by atoms with Gasteiger partial charge in [0, 0.05) is 28.9 Å². The second-order valence-electron chi connectivity index (χ2n) is 8.37. The van der Waals surface area contributed by atoms with Gasteiger partial charge >= 0.3 is 0 Å². The minimum atomic E-state index is -0.388. The summed E-state index contributed by atoms with van der Waals surface area (Å²) in [7, 11) is 0. The molecule has 8 heteroatoms. The van der Waals surface area contributed by atoms with Crippen LogP contribution in [0.2, 0.25) is 0 Å². The number of benzene rings is 2. The maximum absolute atomic E-state index is 13.0. The van der Waals surface area contributed by atoms with Crippen LogP contribution in [0.4, 0.5) is 5.69 Å². The fourth-order valence-corrected chi connectivity index (χ4v) is 4.54. The van der Waals surface area contributed by atoms with E-state index in [1.165, 1.54) is 17.0 Å². The van der Waals surface area contributed by atoms with Gasteiger partial charge in [-0.25, -0.2) is 5.10 Å². The molecule has 2 N–H and O–H groups in total. The smallest absolute Gasteiger partial charge is 0.264 e. The number of nitrogens with zero attached hydrogens (tertiary/aromatic N) is 2. The van der Waals surface area contributed by atoms with E-state index in [9.17, 15) is 19.2 Å². The van der Waals surface area contributed by atoms with Crippen LogP contribution in [0.3, 0.4) is 0 Å². The molecule has 166 valence electrons. The summed E-state index contributed by atoms with van der Waals surface area (Å²) < 4.78 is 0. The van der Waals surface area contributed by atoms with Gasteiger partial charge in [-0.05, 0) is 49.2 Å². The highest BCUT2D eigenvalue weighted by Gasteiger charge is 2.40. The van der Waals surface area contributed by atoms with Gasteiger partial charge in [0.1, 0.15) is 0 Å². The molecule has 5 rings (SSSR count). The molecule has 1 aliphatic heterocycles. The summed E-state index contributed by atoms with van der Waals surface area (Å²) in [6.45, 7) is 0. The molecular weight excluding hydrogens is 420 g/mol. The fourth-order valence-electron chi connectivity index (χ4n) is 4.54. The minimum Gasteiger partial charge on any atom is -0.322 e. The number of H-pyrrole nitrogens is 1. The van der Waals surface area contributed by atoms with E-state index in [1.807, 2.05) is 6.07 Å². The van der Waals surface area contributed by atoms with Crippen molar-refractivity contribution >= 4 is 23.4 Å². The highest BCUT2D eigenvalue weighted by atomic mass is 16.2. The number of hydrogen-bond acceptors (Lipinski definition) is 5. The van der Waals surface area contributed by atoms with Crippen molar-refractivity contribution in [2.45, 2.75) is 38.1 Å². The summed E-state index contributed by atoms with van der Waals surface area (Å²) in [5.41, 5.74) is 2.47. The molecule has 0 bridgehead atoms. The third-order valence-corrected chi connectivity index (χ3v) is 6.22. The van der Waals surface area contributed by atoms with Crippen LogP contribution < -0.4 is 10.9 Å². The Labute approximate surface area is 189 Å². The third kappa shape index (κ3) is 3.95. The molecule has 3 aromatic rings. The van der Waals surface area contributed by atoms with E-state index >= 15 is 0 Å². The molecule has 0 saturated heterocycles. The molecule has 8 nitrogen and oxygen atoms in total. The maximum atomic E-state index is 13.0. The summed E-state index contributed by atoms with van der Waals surface area (Å²) in [6, 6.07) is 14.6. The Morgan fingerprint density at radius 2 is 1.70 bits per heavy atom. The molecule has 0 atom stereocenters. The molecule has 2 aromatic carbocycles. The monoisotopic (exact) mass is 442 g/mol. The number of aromatic amines is 1. The lowest BCUT2D eigenvalue weighted by Gasteiger charge is -2.29. The highest BCUT2D eigenvalue weighted by Crippen LogP contribution is 2.31. The molecule has 0 unspecified atom stereocenters. The first kappa shape index (κ1) is 20.8. The number of carbonyl (C=O) groups excluding carboxylic acids is 3. The second-order valence-corrected chi connectivity index (χ2v) is 8.37. The Hall–Kier alpha value is -4.07. The van der Waals surface area contributed by atoms with E-state index in [0.717, 1.165) is 37.7 Å². The van der Waals surface area contributed by atoms with Crippen molar-refractivity contribution in [2.75, 3.05) is 5.32 Å². The number of aromatic nitrogens is 2. The number of anilines is 1. The molecule has 1 saturated carbocycles. The maximum Gasteiger partial charge on any atom is 0.264 e.